The van der Waals surface area contributed by atoms with E-state index in [1.807, 2.05) is 92.7 Å². The highest BCUT2D eigenvalue weighted by atomic mass is 19.1. The molecule has 2 aromatic heterocycles. The number of hydrogen-bond donors (Lipinski definition) is 3. The number of methoxy groups -OCH3 is 1. The molecule has 3 amide bonds. The van der Waals surface area contributed by atoms with E-state index in [9.17, 15) is 18.8 Å². The molecule has 2 saturated heterocycles. The summed E-state index contributed by atoms with van der Waals surface area (Å²) in [5, 5.41) is 2.45. The van der Waals surface area contributed by atoms with E-state index in [0.717, 1.165) is 39.2 Å². The smallest absolute Gasteiger partial charge is 0.407 e. The van der Waals surface area contributed by atoms with E-state index in [-0.39, 0.29) is 31.8 Å². The number of alkyl halides is 2. The van der Waals surface area contributed by atoms with Crippen molar-refractivity contribution in [3.63, 3.8) is 0 Å². The fourth-order valence-corrected chi connectivity index (χ4v) is 8.00. The standard InChI is InChI=1S/C43H48F2N8O4/c1-5-51(6-2)38(31-10-8-7-9-11-31)42(55)53-25-33(45)21-37(53)40-47-23-35(50-40)30-18-14-28(15-19-30)27-12-16-29(17-13-27)34-22-46-39(49-34)36-20-32(44)24-52(36)41(54)26(3)48-43(56)57-4/h7-19,22-23,26,32-33,36-38H,5-6,20-21,24-25H2,1-4H3,(H,46,49)(H,47,50)(H,48,56)/t26-,32-,33+,36-,37-,38+/m0/s1. The summed E-state index contributed by atoms with van der Waals surface area (Å²) in [4.78, 5) is 59.9. The third-order valence-electron chi connectivity index (χ3n) is 11.0. The van der Waals surface area contributed by atoms with Crippen LogP contribution < -0.4 is 5.32 Å². The summed E-state index contributed by atoms with van der Waals surface area (Å²) in [6.07, 6.45) is 0.584. The minimum atomic E-state index is -1.22. The first kappa shape index (κ1) is 39.3. The van der Waals surface area contributed by atoms with Crippen molar-refractivity contribution in [1.82, 2.24) is 40.0 Å². The number of aromatic amines is 2. The predicted molar refractivity (Wildman–Crippen MR) is 212 cm³/mol. The summed E-state index contributed by atoms with van der Waals surface area (Å²) in [6.45, 7) is 6.89. The van der Waals surface area contributed by atoms with Gasteiger partial charge >= 0.3 is 6.09 Å². The number of hydrogen-bond acceptors (Lipinski definition) is 7. The summed E-state index contributed by atoms with van der Waals surface area (Å²) < 4.78 is 34.2. The molecule has 57 heavy (non-hydrogen) atoms. The van der Waals surface area contributed by atoms with Crippen LogP contribution in [0, 0.1) is 0 Å². The third kappa shape index (κ3) is 8.31. The number of amides is 3. The number of ether oxygens (including phenoxy) is 1. The topological polar surface area (TPSA) is 140 Å². The maximum absolute atomic E-state index is 15.0. The van der Waals surface area contributed by atoms with Crippen molar-refractivity contribution in [3.8, 4) is 33.6 Å². The van der Waals surface area contributed by atoms with Crippen molar-refractivity contribution in [2.45, 2.75) is 70.1 Å². The number of aromatic nitrogens is 4. The van der Waals surface area contributed by atoms with Gasteiger partial charge in [-0.2, -0.15) is 0 Å². The second kappa shape index (κ2) is 17.1. The normalized spacial score (nSPS) is 20.5. The van der Waals surface area contributed by atoms with Crippen molar-refractivity contribution in [2.24, 2.45) is 0 Å². The number of rotatable bonds is 12. The molecule has 2 aliphatic heterocycles. The maximum Gasteiger partial charge on any atom is 0.407 e. The van der Waals surface area contributed by atoms with Gasteiger partial charge in [0, 0.05) is 12.8 Å². The van der Waals surface area contributed by atoms with E-state index in [4.69, 9.17) is 0 Å². The lowest BCUT2D eigenvalue weighted by molar-refractivity contribution is -0.138. The highest BCUT2D eigenvalue weighted by Crippen LogP contribution is 2.38. The summed E-state index contributed by atoms with van der Waals surface area (Å²) in [5.74, 6) is 0.489. The van der Waals surface area contributed by atoms with E-state index in [1.54, 1.807) is 17.3 Å². The quantitative estimate of drug-likeness (QED) is 0.122. The van der Waals surface area contributed by atoms with E-state index in [0.29, 0.717) is 24.7 Å². The molecular weight excluding hydrogens is 731 g/mol. The lowest BCUT2D eigenvalue weighted by Crippen LogP contribution is -2.47. The average Bonchev–Trinajstić information content (AvgIpc) is 4.06. The van der Waals surface area contributed by atoms with Crippen molar-refractivity contribution in [1.29, 1.82) is 0 Å². The second-order valence-electron chi connectivity index (χ2n) is 14.6. The van der Waals surface area contributed by atoms with Crippen molar-refractivity contribution in [2.75, 3.05) is 33.3 Å². The van der Waals surface area contributed by atoms with Gasteiger partial charge in [-0.3, -0.25) is 14.5 Å². The van der Waals surface area contributed by atoms with Crippen LogP contribution in [0.4, 0.5) is 13.6 Å². The molecule has 4 heterocycles. The molecular formula is C43H48F2N8O4. The van der Waals surface area contributed by atoms with Gasteiger partial charge < -0.3 is 29.8 Å². The van der Waals surface area contributed by atoms with Gasteiger partial charge in [0.1, 0.15) is 36.1 Å². The number of nitrogens with one attached hydrogen (secondary N) is 3. The molecule has 0 unspecified atom stereocenters. The molecule has 12 nitrogen and oxygen atoms in total. The largest absolute Gasteiger partial charge is 0.453 e. The van der Waals surface area contributed by atoms with Crippen LogP contribution in [0.2, 0.25) is 0 Å². The number of alkyl carbamates (subject to hydrolysis) is 1. The molecule has 3 aromatic carbocycles. The third-order valence-corrected chi connectivity index (χ3v) is 11.0. The van der Waals surface area contributed by atoms with Crippen LogP contribution in [0.1, 0.15) is 69.0 Å². The number of carbonyl (C=O) groups is 3. The van der Waals surface area contributed by atoms with Crippen LogP contribution in [-0.4, -0.2) is 104 Å². The van der Waals surface area contributed by atoms with Gasteiger partial charge in [-0.15, -0.1) is 0 Å². The number of halogens is 2. The number of imidazole rings is 2. The Morgan fingerprint density at radius 2 is 1.21 bits per heavy atom. The van der Waals surface area contributed by atoms with Gasteiger partial charge in [-0.1, -0.05) is 92.7 Å². The Morgan fingerprint density at radius 1 is 0.754 bits per heavy atom. The lowest BCUT2D eigenvalue weighted by atomic mass is 10.0. The van der Waals surface area contributed by atoms with E-state index in [1.165, 1.54) is 18.9 Å². The fourth-order valence-electron chi connectivity index (χ4n) is 8.00. The number of benzene rings is 3. The molecule has 6 atom stereocenters. The summed E-state index contributed by atoms with van der Waals surface area (Å²) >= 11 is 0. The van der Waals surface area contributed by atoms with Gasteiger partial charge in [-0.25, -0.2) is 23.5 Å². The molecule has 14 heteroatoms. The second-order valence-corrected chi connectivity index (χ2v) is 14.6. The van der Waals surface area contributed by atoms with Crippen LogP contribution in [0.15, 0.2) is 91.3 Å². The van der Waals surface area contributed by atoms with Crippen molar-refractivity contribution < 1.29 is 27.9 Å². The van der Waals surface area contributed by atoms with Crippen LogP contribution in [0.25, 0.3) is 33.6 Å². The van der Waals surface area contributed by atoms with Crippen LogP contribution >= 0.6 is 0 Å². The van der Waals surface area contributed by atoms with Gasteiger partial charge in [0.25, 0.3) is 0 Å². The van der Waals surface area contributed by atoms with Gasteiger partial charge in [-0.05, 0) is 47.8 Å². The molecule has 5 aromatic rings. The zero-order valence-electron chi connectivity index (χ0n) is 32.5. The minimum Gasteiger partial charge on any atom is -0.453 e. The average molecular weight is 779 g/mol. The Bertz CT molecular complexity index is 2160. The van der Waals surface area contributed by atoms with Crippen LogP contribution in [0.5, 0.6) is 0 Å². The Labute approximate surface area is 330 Å². The molecule has 2 aliphatic rings. The minimum absolute atomic E-state index is 0.0237. The first-order valence-electron chi connectivity index (χ1n) is 19.4. The number of likely N-dealkylation sites (tertiary alicyclic amines) is 2. The Kier molecular flexibility index (Phi) is 11.8. The zero-order valence-corrected chi connectivity index (χ0v) is 32.5. The monoisotopic (exact) mass is 778 g/mol. The summed E-state index contributed by atoms with van der Waals surface area (Å²) in [5.41, 5.74) is 6.15. The number of carbonyl (C=O) groups excluding carboxylic acids is 3. The summed E-state index contributed by atoms with van der Waals surface area (Å²) in [7, 11) is 1.21. The Hall–Kier alpha value is -5.89. The predicted octanol–water partition coefficient (Wildman–Crippen LogP) is 7.18. The molecule has 0 radical (unpaired) electrons. The Morgan fingerprint density at radius 3 is 1.67 bits per heavy atom. The van der Waals surface area contributed by atoms with Gasteiger partial charge in [0.05, 0.1) is 56.1 Å². The lowest BCUT2D eigenvalue weighted by Gasteiger charge is -2.34. The maximum atomic E-state index is 15.0. The van der Waals surface area contributed by atoms with E-state index < -0.39 is 48.5 Å². The molecule has 0 spiro atoms. The van der Waals surface area contributed by atoms with E-state index >= 15 is 4.39 Å². The van der Waals surface area contributed by atoms with E-state index in [2.05, 4.69) is 34.9 Å². The number of H-pyrrole nitrogens is 2. The Balaban J connectivity index is 1.03. The first-order chi connectivity index (χ1) is 27.6. The van der Waals surface area contributed by atoms with Crippen LogP contribution in [-0.2, 0) is 14.3 Å². The molecule has 298 valence electrons. The van der Waals surface area contributed by atoms with Gasteiger partial charge in [0.2, 0.25) is 11.8 Å². The number of likely N-dealkylation sites (N-methyl/N-ethyl adjacent to an activating group) is 1. The highest BCUT2D eigenvalue weighted by Gasteiger charge is 2.42. The number of nitrogens with zero attached hydrogens (tertiary/aromatic N) is 5. The molecule has 3 N–H and O–H groups in total. The highest BCUT2D eigenvalue weighted by molar-refractivity contribution is 5.86. The molecule has 7 rings (SSSR count). The van der Waals surface area contributed by atoms with Gasteiger partial charge in [0.15, 0.2) is 0 Å². The van der Waals surface area contributed by atoms with Crippen molar-refractivity contribution >= 4 is 17.9 Å². The van der Waals surface area contributed by atoms with Crippen molar-refractivity contribution in [3.05, 3.63) is 108 Å². The molecule has 0 aliphatic carbocycles. The molecule has 0 saturated carbocycles. The van der Waals surface area contributed by atoms with Crippen LogP contribution in [0.3, 0.4) is 0 Å². The first-order valence-corrected chi connectivity index (χ1v) is 19.4. The fraction of sp³-hybridized carbons (Fsp3) is 0.372. The molecule has 2 fully saturated rings. The zero-order chi connectivity index (χ0) is 40.2. The summed E-state index contributed by atoms with van der Waals surface area (Å²) in [6, 6.07) is 23.1. The SMILES string of the molecule is CCN(CC)[C@@H](C(=O)N1C[C@H](F)C[C@H]1c1ncc(-c2ccc(-c3ccc(-c4cnc([C@@H]5C[C@H](F)CN5C(=O)[C@H](C)NC(=O)OC)[nH]4)cc3)cc2)[nH]1)c1ccccc1. The molecule has 0 bridgehead atoms.